The molecule has 7 heteroatoms. The molecule has 0 amide bonds. The molecule has 2 saturated heterocycles. The monoisotopic (exact) mass is 724 g/mol. The van der Waals surface area contributed by atoms with E-state index in [-0.39, 0.29) is 0 Å². The highest BCUT2D eigenvalue weighted by molar-refractivity contribution is 14.1. The van der Waals surface area contributed by atoms with Crippen LogP contribution in [0.15, 0.2) is 48.5 Å². The summed E-state index contributed by atoms with van der Waals surface area (Å²) in [6.45, 7) is 18.6. The Bertz CT molecular complexity index is 1010. The number of hydrogen-bond acceptors (Lipinski definition) is 5. The van der Waals surface area contributed by atoms with Gasteiger partial charge in [-0.3, -0.25) is 9.80 Å². The van der Waals surface area contributed by atoms with Crippen molar-refractivity contribution in [2.45, 2.75) is 94.9 Å². The molecule has 2 aromatic rings. The van der Waals surface area contributed by atoms with Crippen molar-refractivity contribution < 1.29 is 9.47 Å². The minimum absolute atomic E-state index is 0.602. The number of benzene rings is 2. The van der Waals surface area contributed by atoms with Gasteiger partial charge < -0.3 is 9.47 Å². The number of halogens is 1. The third-order valence-corrected chi connectivity index (χ3v) is 22.6. The van der Waals surface area contributed by atoms with E-state index >= 15 is 0 Å². The fourth-order valence-electron chi connectivity index (χ4n) is 8.12. The van der Waals surface area contributed by atoms with Gasteiger partial charge >= 0.3 is 0 Å². The van der Waals surface area contributed by atoms with Crippen LogP contribution in [0.2, 0.25) is 16.6 Å². The Morgan fingerprint density at radius 2 is 1.05 bits per heavy atom. The number of nitrogens with zero attached hydrogens (tertiary/aromatic N) is 2. The van der Waals surface area contributed by atoms with Gasteiger partial charge in [-0.2, -0.15) is 11.2 Å². The molecule has 42 heavy (non-hydrogen) atoms. The molecule has 0 saturated carbocycles. The molecule has 0 spiro atoms. The quantitative estimate of drug-likeness (QED) is 0.178. The van der Waals surface area contributed by atoms with Crippen LogP contribution in [0.1, 0.15) is 77.3 Å². The Morgan fingerprint density at radius 1 is 0.690 bits per heavy atom. The minimum atomic E-state index is -1.08. The predicted octanol–water partition coefficient (Wildman–Crippen LogP) is 9.31. The zero-order valence-electron chi connectivity index (χ0n) is 27.9. The standard InChI is InChI=1S/2C12H15NO.C10H24SSi.CH3I/c2*1-13-7-6-9-10-4-2-3-5-12(10)14-8-11(9)13;1-8(2)12(11-7,9(3)4)10(5)6;1-2/h2*2-5,9,11H,6-8H2,1H3;8-10H,1-7H3;1H3. The summed E-state index contributed by atoms with van der Waals surface area (Å²) in [5.41, 5.74) is 5.51. The molecule has 4 unspecified atom stereocenters. The number of hydrogen-bond donors (Lipinski definition) is 0. The van der Waals surface area contributed by atoms with E-state index in [0.29, 0.717) is 23.9 Å². The van der Waals surface area contributed by atoms with Crippen molar-refractivity contribution in [3.05, 3.63) is 59.7 Å². The maximum atomic E-state index is 5.77. The molecular weight excluding hydrogens is 667 g/mol. The van der Waals surface area contributed by atoms with Crippen LogP contribution in [-0.4, -0.2) is 80.7 Å². The predicted molar refractivity (Wildman–Crippen MR) is 196 cm³/mol. The van der Waals surface area contributed by atoms with E-state index in [1.54, 1.807) is 0 Å². The molecule has 2 aromatic carbocycles. The molecule has 6 rings (SSSR count). The largest absolute Gasteiger partial charge is 0.492 e. The zero-order chi connectivity index (χ0) is 31.0. The summed E-state index contributed by atoms with van der Waals surface area (Å²) in [4.78, 5) is 6.80. The normalized spacial score (nSPS) is 24.4. The van der Waals surface area contributed by atoms with Gasteiger partial charge in [0, 0.05) is 11.8 Å². The summed E-state index contributed by atoms with van der Waals surface area (Å²) in [6.07, 6.45) is 4.87. The Kier molecular flexibility index (Phi) is 14.1. The van der Waals surface area contributed by atoms with E-state index in [2.05, 4.69) is 154 Å². The van der Waals surface area contributed by atoms with E-state index in [1.165, 1.54) is 37.1 Å². The third kappa shape index (κ3) is 7.72. The fraction of sp³-hybridized carbons (Fsp3) is 0.657. The number of para-hydroxylation sites is 2. The van der Waals surface area contributed by atoms with Crippen LogP contribution < -0.4 is 9.47 Å². The topological polar surface area (TPSA) is 24.9 Å². The summed E-state index contributed by atoms with van der Waals surface area (Å²) in [5.74, 6) is 3.60. The maximum Gasteiger partial charge on any atom is 0.124 e. The molecule has 2 fully saturated rings. The molecule has 0 aromatic heterocycles. The van der Waals surface area contributed by atoms with Crippen LogP contribution in [0, 0.1) is 0 Å². The average Bonchev–Trinajstić information content (AvgIpc) is 3.57. The van der Waals surface area contributed by atoms with Gasteiger partial charge in [-0.15, -0.1) is 0 Å². The fourth-order valence-corrected chi connectivity index (χ4v) is 17.8. The number of fused-ring (bicyclic) bond motifs is 6. The Morgan fingerprint density at radius 3 is 1.36 bits per heavy atom. The van der Waals surface area contributed by atoms with Gasteiger partial charge in [0.15, 0.2) is 0 Å². The lowest BCUT2D eigenvalue weighted by atomic mass is 9.89. The first-order chi connectivity index (χ1) is 20.1. The van der Waals surface area contributed by atoms with Gasteiger partial charge in [-0.25, -0.2) is 0 Å². The van der Waals surface area contributed by atoms with Crippen LogP contribution in [0.4, 0.5) is 0 Å². The number of likely N-dealkylation sites (N-methyl/N-ethyl adjacent to an activating group) is 2. The van der Waals surface area contributed by atoms with E-state index in [0.717, 1.165) is 41.3 Å². The Hall–Kier alpha value is -0.743. The minimum Gasteiger partial charge on any atom is -0.492 e. The van der Waals surface area contributed by atoms with Crippen molar-refractivity contribution in [1.82, 2.24) is 9.80 Å². The average molecular weight is 725 g/mol. The molecule has 4 aliphatic rings. The lowest BCUT2D eigenvalue weighted by Crippen LogP contribution is -2.40. The highest BCUT2D eigenvalue weighted by atomic mass is 127. The summed E-state index contributed by atoms with van der Waals surface area (Å²) >= 11 is 4.33. The van der Waals surface area contributed by atoms with Gasteiger partial charge in [0.2, 0.25) is 0 Å². The van der Waals surface area contributed by atoms with Gasteiger partial charge in [-0.05, 0) is 91.1 Å². The number of alkyl halides is 1. The van der Waals surface area contributed by atoms with Crippen LogP contribution in [0.25, 0.3) is 0 Å². The van der Waals surface area contributed by atoms with Crippen LogP contribution >= 0.6 is 33.8 Å². The summed E-state index contributed by atoms with van der Waals surface area (Å²) in [5, 5.41) is 0. The van der Waals surface area contributed by atoms with Gasteiger partial charge in [0.25, 0.3) is 0 Å². The highest BCUT2D eigenvalue weighted by Crippen LogP contribution is 2.48. The molecule has 4 aliphatic heterocycles. The number of rotatable bonds is 4. The van der Waals surface area contributed by atoms with E-state index in [4.69, 9.17) is 9.47 Å². The van der Waals surface area contributed by atoms with Crippen LogP contribution in [0.5, 0.6) is 11.5 Å². The van der Waals surface area contributed by atoms with Crippen molar-refractivity contribution in [1.29, 1.82) is 0 Å². The highest BCUT2D eigenvalue weighted by Gasteiger charge is 2.42. The van der Waals surface area contributed by atoms with Crippen molar-refractivity contribution in [2.75, 3.05) is 51.6 Å². The van der Waals surface area contributed by atoms with Gasteiger partial charge in [0.1, 0.15) is 31.9 Å². The van der Waals surface area contributed by atoms with Crippen molar-refractivity contribution >= 4 is 41.0 Å². The molecule has 236 valence electrons. The molecule has 0 N–H and O–H groups in total. The lowest BCUT2D eigenvalue weighted by Gasteiger charge is -2.41. The van der Waals surface area contributed by atoms with Crippen molar-refractivity contribution in [2.24, 2.45) is 0 Å². The van der Waals surface area contributed by atoms with Crippen molar-refractivity contribution in [3.63, 3.8) is 0 Å². The third-order valence-electron chi connectivity index (χ3n) is 10.2. The molecule has 4 nitrogen and oxygen atoms in total. The molecule has 4 atom stereocenters. The van der Waals surface area contributed by atoms with E-state index in [1.807, 2.05) is 4.93 Å². The first kappa shape index (κ1) is 35.7. The summed E-state index contributed by atoms with van der Waals surface area (Å²) in [6, 6.07) is 18.1. The Balaban J connectivity index is 0.000000169. The van der Waals surface area contributed by atoms with E-state index < -0.39 is 7.22 Å². The second-order valence-electron chi connectivity index (χ2n) is 13.1. The SMILES string of the molecule is CI.CN1CCC2c3ccccc3OCC21.CN1CCC2c3ccccc3OCC21.CS[Si](C(C)C)(C(C)C)C(C)C. The smallest absolute Gasteiger partial charge is 0.124 e. The summed E-state index contributed by atoms with van der Waals surface area (Å²) in [7, 11) is 3.31. The van der Waals surface area contributed by atoms with Crippen LogP contribution in [-0.2, 0) is 0 Å². The second kappa shape index (κ2) is 16.5. The first-order valence-electron chi connectivity index (χ1n) is 15.9. The number of ether oxygens (including phenoxy) is 2. The molecular formula is C35H57IN2O2SSi. The second-order valence-corrected chi connectivity index (χ2v) is 22.0. The number of likely N-dealkylation sites (tertiary alicyclic amines) is 2. The molecule has 0 bridgehead atoms. The lowest BCUT2D eigenvalue weighted by molar-refractivity contribution is 0.168. The maximum absolute atomic E-state index is 5.77. The molecule has 0 radical (unpaired) electrons. The van der Waals surface area contributed by atoms with Crippen LogP contribution in [0.3, 0.4) is 0 Å². The van der Waals surface area contributed by atoms with Crippen molar-refractivity contribution in [3.8, 4) is 11.5 Å². The van der Waals surface area contributed by atoms with Gasteiger partial charge in [0.05, 0.1) is 12.1 Å². The zero-order valence-corrected chi connectivity index (χ0v) is 31.9. The summed E-state index contributed by atoms with van der Waals surface area (Å²) < 4.78 is 11.5. The van der Waals surface area contributed by atoms with Gasteiger partial charge in [-0.1, -0.05) is 101 Å². The molecule has 0 aliphatic carbocycles. The van der Waals surface area contributed by atoms with E-state index in [9.17, 15) is 0 Å². The molecule has 4 heterocycles. The Labute approximate surface area is 276 Å². The first-order valence-corrected chi connectivity index (χ1v) is 22.2.